The number of carbonyl (C=O) groups excluding carboxylic acids is 2. The number of carbonyl (C=O) groups is 2. The molecule has 0 aliphatic rings. The Morgan fingerprint density at radius 2 is 1.39 bits per heavy atom. The van der Waals surface area contributed by atoms with Crippen LogP contribution >= 0.6 is 0 Å². The molecule has 0 amide bonds. The SMILES string of the molecule is CCCCCCOCCOCCOC(=O)CCCC(=O)Oc1ccc(C)cc1. The zero-order chi connectivity index (χ0) is 20.5. The zero-order valence-corrected chi connectivity index (χ0v) is 17.2. The molecule has 0 unspecified atom stereocenters. The Kier molecular flexibility index (Phi) is 13.8. The number of unbranched alkanes of at least 4 members (excludes halogenated alkanes) is 3. The molecule has 0 aliphatic heterocycles. The van der Waals surface area contributed by atoms with Crippen molar-refractivity contribution >= 4 is 11.9 Å². The van der Waals surface area contributed by atoms with E-state index in [0.717, 1.165) is 18.6 Å². The maximum absolute atomic E-state index is 11.7. The third-order valence-corrected chi connectivity index (χ3v) is 4.02. The highest BCUT2D eigenvalue weighted by Crippen LogP contribution is 2.12. The molecule has 6 nitrogen and oxygen atoms in total. The van der Waals surface area contributed by atoms with Gasteiger partial charge in [-0.25, -0.2) is 0 Å². The van der Waals surface area contributed by atoms with Crippen molar-refractivity contribution in [1.29, 1.82) is 0 Å². The second-order valence-corrected chi connectivity index (χ2v) is 6.65. The van der Waals surface area contributed by atoms with Crippen LogP contribution in [-0.4, -0.2) is 45.0 Å². The fraction of sp³-hybridized carbons (Fsp3) is 0.636. The molecule has 0 atom stereocenters. The molecule has 0 saturated carbocycles. The number of rotatable bonds is 16. The van der Waals surface area contributed by atoms with Gasteiger partial charge in [-0.15, -0.1) is 0 Å². The first kappa shape index (κ1) is 24.1. The summed E-state index contributed by atoms with van der Waals surface area (Å²) in [7, 11) is 0. The van der Waals surface area contributed by atoms with Gasteiger partial charge in [-0.3, -0.25) is 9.59 Å². The van der Waals surface area contributed by atoms with Crippen molar-refractivity contribution in [3.8, 4) is 5.75 Å². The summed E-state index contributed by atoms with van der Waals surface area (Å²) >= 11 is 0. The largest absolute Gasteiger partial charge is 0.463 e. The Labute approximate surface area is 168 Å². The first-order valence-corrected chi connectivity index (χ1v) is 10.2. The summed E-state index contributed by atoms with van der Waals surface area (Å²) in [6, 6.07) is 7.25. The summed E-state index contributed by atoms with van der Waals surface area (Å²) in [5.41, 5.74) is 1.10. The Morgan fingerprint density at radius 3 is 2.11 bits per heavy atom. The van der Waals surface area contributed by atoms with Gasteiger partial charge in [0.15, 0.2) is 0 Å². The number of esters is 2. The highest BCUT2D eigenvalue weighted by molar-refractivity contribution is 5.74. The Bertz CT molecular complexity index is 540. The van der Waals surface area contributed by atoms with Crippen molar-refractivity contribution in [2.24, 2.45) is 0 Å². The lowest BCUT2D eigenvalue weighted by atomic mass is 10.2. The minimum Gasteiger partial charge on any atom is -0.463 e. The predicted octanol–water partition coefficient (Wildman–Crippen LogP) is 4.23. The van der Waals surface area contributed by atoms with Gasteiger partial charge in [0.2, 0.25) is 0 Å². The Morgan fingerprint density at radius 1 is 0.750 bits per heavy atom. The molecule has 158 valence electrons. The van der Waals surface area contributed by atoms with Crippen molar-refractivity contribution in [2.75, 3.05) is 33.0 Å². The molecule has 0 heterocycles. The zero-order valence-electron chi connectivity index (χ0n) is 17.2. The average Bonchev–Trinajstić information content (AvgIpc) is 2.68. The standard InChI is InChI=1S/C22H34O6/c1-3-4-5-6-14-25-15-16-26-17-18-27-21(23)8-7-9-22(24)28-20-12-10-19(2)11-13-20/h10-13H,3-9,14-18H2,1-2H3. The van der Waals surface area contributed by atoms with E-state index in [1.54, 1.807) is 12.1 Å². The van der Waals surface area contributed by atoms with Gasteiger partial charge < -0.3 is 18.9 Å². The molecule has 0 aliphatic carbocycles. The molecule has 0 N–H and O–H groups in total. The number of ether oxygens (including phenoxy) is 4. The van der Waals surface area contributed by atoms with E-state index >= 15 is 0 Å². The van der Waals surface area contributed by atoms with E-state index in [4.69, 9.17) is 18.9 Å². The molecule has 28 heavy (non-hydrogen) atoms. The average molecular weight is 395 g/mol. The molecule has 6 heteroatoms. The van der Waals surface area contributed by atoms with Crippen LogP contribution in [0.5, 0.6) is 5.75 Å². The summed E-state index contributed by atoms with van der Waals surface area (Å²) in [5.74, 6) is -0.172. The molecule has 0 aromatic heterocycles. The molecule has 0 spiro atoms. The molecule has 0 bridgehead atoms. The van der Waals surface area contributed by atoms with Crippen LogP contribution in [0.2, 0.25) is 0 Å². The lowest BCUT2D eigenvalue weighted by Crippen LogP contribution is -2.14. The van der Waals surface area contributed by atoms with E-state index in [0.29, 0.717) is 32.0 Å². The lowest BCUT2D eigenvalue weighted by molar-refractivity contribution is -0.145. The number of benzene rings is 1. The van der Waals surface area contributed by atoms with E-state index in [-0.39, 0.29) is 31.4 Å². The van der Waals surface area contributed by atoms with E-state index in [2.05, 4.69) is 6.92 Å². The first-order chi connectivity index (χ1) is 13.6. The van der Waals surface area contributed by atoms with E-state index < -0.39 is 0 Å². The normalized spacial score (nSPS) is 10.6. The quantitative estimate of drug-likeness (QED) is 0.237. The minimum atomic E-state index is -0.352. The molecule has 0 radical (unpaired) electrons. The summed E-state index contributed by atoms with van der Waals surface area (Å²) in [4.78, 5) is 23.4. The lowest BCUT2D eigenvalue weighted by Gasteiger charge is -2.07. The van der Waals surface area contributed by atoms with Crippen LogP contribution in [0.4, 0.5) is 0 Å². The first-order valence-electron chi connectivity index (χ1n) is 10.2. The van der Waals surface area contributed by atoms with Crippen LogP contribution in [0, 0.1) is 6.92 Å². The van der Waals surface area contributed by atoms with Crippen LogP contribution in [0.1, 0.15) is 57.4 Å². The van der Waals surface area contributed by atoms with Gasteiger partial charge in [0, 0.05) is 19.4 Å². The van der Waals surface area contributed by atoms with Crippen molar-refractivity contribution in [3.63, 3.8) is 0 Å². The summed E-state index contributed by atoms with van der Waals surface area (Å²) < 4.78 is 21.1. The van der Waals surface area contributed by atoms with Gasteiger partial charge in [-0.2, -0.15) is 0 Å². The number of hydrogen-bond acceptors (Lipinski definition) is 6. The van der Waals surface area contributed by atoms with Crippen LogP contribution < -0.4 is 4.74 Å². The highest BCUT2D eigenvalue weighted by Gasteiger charge is 2.08. The molecular formula is C22H34O6. The van der Waals surface area contributed by atoms with Crippen molar-refractivity contribution in [1.82, 2.24) is 0 Å². The van der Waals surface area contributed by atoms with Gasteiger partial charge in [-0.05, 0) is 31.9 Å². The second kappa shape index (κ2) is 16.1. The maximum atomic E-state index is 11.7. The Hall–Kier alpha value is -1.92. The van der Waals surface area contributed by atoms with Crippen LogP contribution in [-0.2, 0) is 23.8 Å². The molecule has 0 fully saturated rings. The van der Waals surface area contributed by atoms with Gasteiger partial charge in [0.05, 0.1) is 19.8 Å². The third-order valence-electron chi connectivity index (χ3n) is 4.02. The number of hydrogen-bond donors (Lipinski definition) is 0. The maximum Gasteiger partial charge on any atom is 0.311 e. The monoisotopic (exact) mass is 394 g/mol. The topological polar surface area (TPSA) is 71.1 Å². The third kappa shape index (κ3) is 13.3. The fourth-order valence-electron chi connectivity index (χ4n) is 2.41. The van der Waals surface area contributed by atoms with Crippen molar-refractivity contribution < 1.29 is 28.5 Å². The summed E-state index contributed by atoms with van der Waals surface area (Å²) in [5, 5.41) is 0. The summed E-state index contributed by atoms with van der Waals surface area (Å²) in [6.07, 6.45) is 5.52. The smallest absolute Gasteiger partial charge is 0.311 e. The van der Waals surface area contributed by atoms with Crippen LogP contribution in [0.15, 0.2) is 24.3 Å². The van der Waals surface area contributed by atoms with Crippen LogP contribution in [0.3, 0.4) is 0 Å². The molecule has 1 aromatic carbocycles. The molecule has 1 aromatic rings. The fourth-order valence-corrected chi connectivity index (χ4v) is 2.41. The van der Waals surface area contributed by atoms with Gasteiger partial charge in [-0.1, -0.05) is 43.9 Å². The van der Waals surface area contributed by atoms with Crippen molar-refractivity contribution in [2.45, 2.75) is 58.8 Å². The van der Waals surface area contributed by atoms with Gasteiger partial charge >= 0.3 is 11.9 Å². The Balaban J connectivity index is 1.91. The van der Waals surface area contributed by atoms with Crippen molar-refractivity contribution in [3.05, 3.63) is 29.8 Å². The molecule has 1 rings (SSSR count). The van der Waals surface area contributed by atoms with Gasteiger partial charge in [0.25, 0.3) is 0 Å². The molecular weight excluding hydrogens is 360 g/mol. The van der Waals surface area contributed by atoms with Gasteiger partial charge in [0.1, 0.15) is 12.4 Å². The van der Waals surface area contributed by atoms with E-state index in [1.165, 1.54) is 19.3 Å². The molecule has 0 saturated heterocycles. The van der Waals surface area contributed by atoms with Crippen LogP contribution in [0.25, 0.3) is 0 Å². The van der Waals surface area contributed by atoms with E-state index in [1.807, 2.05) is 19.1 Å². The highest BCUT2D eigenvalue weighted by atomic mass is 16.6. The second-order valence-electron chi connectivity index (χ2n) is 6.65. The number of aryl methyl sites for hydroxylation is 1. The van der Waals surface area contributed by atoms with E-state index in [9.17, 15) is 9.59 Å². The summed E-state index contributed by atoms with van der Waals surface area (Å²) in [6.45, 7) is 6.53. The minimum absolute atomic E-state index is 0.176. The predicted molar refractivity (Wildman–Crippen MR) is 107 cm³/mol.